The quantitative estimate of drug-likeness (QED) is 0.795. The maximum Gasteiger partial charge on any atom is 0.347 e. The van der Waals surface area contributed by atoms with Crippen molar-refractivity contribution >= 4 is 5.91 Å². The van der Waals surface area contributed by atoms with Gasteiger partial charge in [0.1, 0.15) is 6.54 Å². The third kappa shape index (κ3) is 2.69. The van der Waals surface area contributed by atoms with Crippen LogP contribution in [0.25, 0.3) is 0 Å². The fourth-order valence-corrected chi connectivity index (χ4v) is 2.66. The molecule has 19 heavy (non-hydrogen) atoms. The van der Waals surface area contributed by atoms with E-state index in [-0.39, 0.29) is 18.1 Å². The van der Waals surface area contributed by atoms with Crippen molar-refractivity contribution in [1.29, 1.82) is 0 Å². The van der Waals surface area contributed by atoms with Gasteiger partial charge in [-0.3, -0.25) is 9.36 Å². The average Bonchev–Trinajstić information content (AvgIpc) is 3.26. The van der Waals surface area contributed by atoms with Gasteiger partial charge >= 0.3 is 5.69 Å². The molecule has 2 fully saturated rings. The summed E-state index contributed by atoms with van der Waals surface area (Å²) < 4.78 is 1.39. The minimum atomic E-state index is -0.356. The van der Waals surface area contributed by atoms with Gasteiger partial charge in [-0.2, -0.15) is 0 Å². The Morgan fingerprint density at radius 1 is 1.47 bits per heavy atom. The number of hydrogen-bond acceptors (Lipinski definition) is 3. The Labute approximate surface area is 112 Å². The third-order valence-electron chi connectivity index (χ3n) is 4.06. The van der Waals surface area contributed by atoms with Gasteiger partial charge in [0, 0.05) is 24.5 Å². The van der Waals surface area contributed by atoms with Crippen molar-refractivity contribution in [2.75, 3.05) is 0 Å². The summed E-state index contributed by atoms with van der Waals surface area (Å²) in [6.45, 7) is 2.25. The van der Waals surface area contributed by atoms with E-state index in [1.807, 2.05) is 4.90 Å². The van der Waals surface area contributed by atoms with Crippen LogP contribution in [0, 0.1) is 5.92 Å². The molecule has 0 aromatic carbocycles. The van der Waals surface area contributed by atoms with E-state index in [0.29, 0.717) is 18.0 Å². The maximum atomic E-state index is 12.5. The zero-order valence-corrected chi connectivity index (χ0v) is 11.2. The molecular formula is C14H19N3O2. The van der Waals surface area contributed by atoms with Gasteiger partial charge in [-0.15, -0.1) is 0 Å². The lowest BCUT2D eigenvalue weighted by Gasteiger charge is -2.29. The molecule has 5 nitrogen and oxygen atoms in total. The smallest absolute Gasteiger partial charge is 0.335 e. The van der Waals surface area contributed by atoms with Gasteiger partial charge in [-0.25, -0.2) is 9.78 Å². The van der Waals surface area contributed by atoms with Gasteiger partial charge < -0.3 is 4.90 Å². The van der Waals surface area contributed by atoms with Crippen molar-refractivity contribution in [2.24, 2.45) is 5.92 Å². The molecule has 1 heterocycles. The van der Waals surface area contributed by atoms with Crippen LogP contribution in [0.4, 0.5) is 0 Å². The summed E-state index contributed by atoms with van der Waals surface area (Å²) in [5, 5.41) is 0. The molecule has 0 spiro atoms. The lowest BCUT2D eigenvalue weighted by molar-refractivity contribution is -0.135. The number of nitrogens with zero attached hydrogens (tertiary/aromatic N) is 3. The monoisotopic (exact) mass is 261 g/mol. The molecule has 0 bridgehead atoms. The van der Waals surface area contributed by atoms with Crippen LogP contribution >= 0.6 is 0 Å². The summed E-state index contributed by atoms with van der Waals surface area (Å²) in [5.41, 5.74) is -0.356. The Balaban J connectivity index is 1.73. The van der Waals surface area contributed by atoms with Gasteiger partial charge in [0.05, 0.1) is 0 Å². The molecule has 0 aliphatic heterocycles. The average molecular weight is 261 g/mol. The second kappa shape index (κ2) is 4.79. The minimum absolute atomic E-state index is 0.0528. The van der Waals surface area contributed by atoms with Gasteiger partial charge in [0.25, 0.3) is 0 Å². The molecule has 1 aromatic heterocycles. The normalized spacial score (nSPS) is 20.1. The summed E-state index contributed by atoms with van der Waals surface area (Å²) in [6, 6.07) is 2.39. The van der Waals surface area contributed by atoms with E-state index < -0.39 is 0 Å². The molecule has 1 atom stereocenters. The van der Waals surface area contributed by atoms with Gasteiger partial charge in [0.15, 0.2) is 0 Å². The number of rotatable bonds is 5. The van der Waals surface area contributed by atoms with Crippen LogP contribution in [0.15, 0.2) is 23.3 Å². The van der Waals surface area contributed by atoms with Crippen LogP contribution in [0.3, 0.4) is 0 Å². The van der Waals surface area contributed by atoms with E-state index >= 15 is 0 Å². The largest absolute Gasteiger partial charge is 0.347 e. The van der Waals surface area contributed by atoms with Gasteiger partial charge in [0.2, 0.25) is 5.91 Å². The van der Waals surface area contributed by atoms with Crippen LogP contribution in [0.5, 0.6) is 0 Å². The highest BCUT2D eigenvalue weighted by Gasteiger charge is 2.41. The zero-order chi connectivity index (χ0) is 13.4. The Morgan fingerprint density at radius 2 is 2.21 bits per heavy atom. The van der Waals surface area contributed by atoms with E-state index in [0.717, 1.165) is 12.8 Å². The summed E-state index contributed by atoms with van der Waals surface area (Å²) in [5.74, 6) is 0.715. The second-order valence-electron chi connectivity index (χ2n) is 5.64. The van der Waals surface area contributed by atoms with Gasteiger partial charge in [-0.05, 0) is 44.6 Å². The number of hydrogen-bond donors (Lipinski definition) is 0. The number of carbonyl (C=O) groups excluding carboxylic acids is 1. The van der Waals surface area contributed by atoms with Crippen molar-refractivity contribution in [3.05, 3.63) is 28.9 Å². The molecule has 1 unspecified atom stereocenters. The van der Waals surface area contributed by atoms with Crippen molar-refractivity contribution in [3.63, 3.8) is 0 Å². The molecule has 2 saturated carbocycles. The molecule has 5 heteroatoms. The lowest BCUT2D eigenvalue weighted by atomic mass is 10.1. The molecule has 0 saturated heterocycles. The first-order valence-electron chi connectivity index (χ1n) is 6.99. The number of amides is 1. The van der Waals surface area contributed by atoms with Gasteiger partial charge in [-0.1, -0.05) is 0 Å². The molecule has 2 aliphatic carbocycles. The van der Waals surface area contributed by atoms with E-state index in [9.17, 15) is 9.59 Å². The number of carbonyl (C=O) groups is 1. The predicted molar refractivity (Wildman–Crippen MR) is 70.6 cm³/mol. The fourth-order valence-electron chi connectivity index (χ4n) is 2.66. The Hall–Kier alpha value is -1.65. The minimum Gasteiger partial charge on any atom is -0.335 e. The van der Waals surface area contributed by atoms with Crippen LogP contribution in [0.1, 0.15) is 32.6 Å². The van der Waals surface area contributed by atoms with Crippen molar-refractivity contribution in [2.45, 2.75) is 51.2 Å². The topological polar surface area (TPSA) is 55.2 Å². The first-order valence-corrected chi connectivity index (χ1v) is 6.99. The molecular weight excluding hydrogens is 242 g/mol. The first kappa shape index (κ1) is 12.4. The molecule has 0 N–H and O–H groups in total. The van der Waals surface area contributed by atoms with E-state index in [4.69, 9.17) is 0 Å². The van der Waals surface area contributed by atoms with Crippen LogP contribution in [-0.4, -0.2) is 32.4 Å². The summed E-state index contributed by atoms with van der Waals surface area (Å²) in [4.78, 5) is 29.7. The standard InChI is InChI=1S/C14H19N3O2/c1-10(11-3-4-11)17(12-5-6-12)13(18)9-16-8-2-7-15-14(16)19/h2,7-8,10-12H,3-6,9H2,1H3. The maximum absolute atomic E-state index is 12.5. The number of aromatic nitrogens is 2. The van der Waals surface area contributed by atoms with Crippen molar-refractivity contribution in [3.8, 4) is 0 Å². The Morgan fingerprint density at radius 3 is 2.79 bits per heavy atom. The molecule has 0 radical (unpaired) electrons. The lowest BCUT2D eigenvalue weighted by Crippen LogP contribution is -2.44. The molecule has 1 aromatic rings. The summed E-state index contributed by atoms with van der Waals surface area (Å²) in [6.07, 6.45) is 7.74. The second-order valence-corrected chi connectivity index (χ2v) is 5.64. The molecule has 102 valence electrons. The molecule has 1 amide bonds. The molecule has 2 aliphatic rings. The van der Waals surface area contributed by atoms with E-state index in [2.05, 4.69) is 11.9 Å². The fraction of sp³-hybridized carbons (Fsp3) is 0.643. The van der Waals surface area contributed by atoms with Crippen LogP contribution < -0.4 is 5.69 Å². The van der Waals surface area contributed by atoms with E-state index in [1.54, 1.807) is 12.3 Å². The Kier molecular flexibility index (Phi) is 3.12. The SMILES string of the molecule is CC(C1CC1)N(C(=O)Cn1cccnc1=O)C1CC1. The highest BCUT2D eigenvalue weighted by molar-refractivity contribution is 5.77. The van der Waals surface area contributed by atoms with Crippen LogP contribution in [0.2, 0.25) is 0 Å². The highest BCUT2D eigenvalue weighted by atomic mass is 16.2. The third-order valence-corrected chi connectivity index (χ3v) is 4.06. The first-order chi connectivity index (χ1) is 9.16. The van der Waals surface area contributed by atoms with Crippen LogP contribution in [-0.2, 0) is 11.3 Å². The van der Waals surface area contributed by atoms with Crippen molar-refractivity contribution < 1.29 is 4.79 Å². The van der Waals surface area contributed by atoms with Crippen molar-refractivity contribution in [1.82, 2.24) is 14.5 Å². The molecule has 3 rings (SSSR count). The summed E-state index contributed by atoms with van der Waals surface area (Å²) in [7, 11) is 0. The zero-order valence-electron chi connectivity index (χ0n) is 11.2. The highest BCUT2D eigenvalue weighted by Crippen LogP contribution is 2.39. The Bertz CT molecular complexity index is 531. The van der Waals surface area contributed by atoms with E-state index in [1.165, 1.54) is 23.6 Å². The predicted octanol–water partition coefficient (Wildman–Crippen LogP) is 1.03. The summed E-state index contributed by atoms with van der Waals surface area (Å²) >= 11 is 0.